The fraction of sp³-hybridized carbons (Fsp3) is 0.952. The van der Waals surface area contributed by atoms with E-state index in [0.717, 1.165) is 12.8 Å². The van der Waals surface area contributed by atoms with Crippen molar-refractivity contribution in [3.05, 3.63) is 0 Å². The maximum atomic E-state index is 10.5. The molecule has 3 heteroatoms. The molecule has 0 bridgehead atoms. The predicted molar refractivity (Wildman–Crippen MR) is 117 cm³/mol. The van der Waals surface area contributed by atoms with Crippen molar-refractivity contribution in [1.29, 1.82) is 0 Å². The molecule has 1 amide bonds. The molecule has 0 saturated carbocycles. The Morgan fingerprint density at radius 3 is 1.38 bits per heavy atom. The van der Waals surface area contributed by atoms with Gasteiger partial charge in [0, 0.05) is 6.42 Å². The van der Waals surface area contributed by atoms with Crippen molar-refractivity contribution in [3.8, 4) is 0 Å². The van der Waals surface area contributed by atoms with Gasteiger partial charge in [-0.05, 0) is 24.9 Å². The van der Waals surface area contributed by atoms with Crippen molar-refractivity contribution in [3.63, 3.8) is 0 Å². The van der Waals surface area contributed by atoms with Crippen molar-refractivity contribution in [2.24, 2.45) is 5.73 Å². The van der Waals surface area contributed by atoms with Crippen LogP contribution in [0.3, 0.4) is 0 Å². The van der Waals surface area contributed by atoms with Crippen molar-refractivity contribution in [2.45, 2.75) is 119 Å². The second-order valence-corrected chi connectivity index (χ2v) is 6.73. The second kappa shape index (κ2) is 38.4. The number of carbonyl (C=O) groups excluding carboxylic acids is 1. The number of rotatable bonds is 12. The predicted octanol–water partition coefficient (Wildman–Crippen LogP) is 7.59. The van der Waals surface area contributed by atoms with Gasteiger partial charge in [0.1, 0.15) is 0 Å². The lowest BCUT2D eigenvalue weighted by Crippen LogP contribution is -2.09. The zero-order valence-electron chi connectivity index (χ0n) is 18.1. The normalized spacial score (nSPS) is 8.79. The fourth-order valence-electron chi connectivity index (χ4n) is 1.61. The number of thioether (sulfide) groups is 1. The SMILES string of the molecule is CC.CCC.CCCC.CSCCCCCCCCCCC(N)=O. The number of amides is 1. The van der Waals surface area contributed by atoms with Gasteiger partial charge < -0.3 is 5.73 Å². The van der Waals surface area contributed by atoms with E-state index in [1.165, 1.54) is 63.5 Å². The van der Waals surface area contributed by atoms with E-state index < -0.39 is 0 Å². The first-order valence-corrected chi connectivity index (χ1v) is 11.8. The molecule has 150 valence electrons. The highest BCUT2D eigenvalue weighted by Crippen LogP contribution is 2.10. The molecular weight excluding hydrogens is 314 g/mol. The number of primary amides is 1. The highest BCUT2D eigenvalue weighted by Gasteiger charge is 1.95. The molecular formula is C21H49NOS. The van der Waals surface area contributed by atoms with Gasteiger partial charge in [-0.3, -0.25) is 4.79 Å². The smallest absolute Gasteiger partial charge is 0.217 e. The van der Waals surface area contributed by atoms with Gasteiger partial charge in [0.05, 0.1) is 0 Å². The minimum absolute atomic E-state index is 0.160. The fourth-order valence-corrected chi connectivity index (χ4v) is 2.10. The van der Waals surface area contributed by atoms with Crippen LogP contribution >= 0.6 is 11.8 Å². The third-order valence-corrected chi connectivity index (χ3v) is 3.72. The summed E-state index contributed by atoms with van der Waals surface area (Å²) in [5.41, 5.74) is 5.06. The average molecular weight is 364 g/mol. The van der Waals surface area contributed by atoms with Crippen LogP contribution in [0.4, 0.5) is 0 Å². The van der Waals surface area contributed by atoms with Crippen LogP contribution in [0.5, 0.6) is 0 Å². The van der Waals surface area contributed by atoms with Crippen molar-refractivity contribution < 1.29 is 4.79 Å². The summed E-state index contributed by atoms with van der Waals surface area (Å²) in [5, 5.41) is 0. The van der Waals surface area contributed by atoms with E-state index >= 15 is 0 Å². The van der Waals surface area contributed by atoms with Crippen LogP contribution in [-0.4, -0.2) is 17.9 Å². The summed E-state index contributed by atoms with van der Waals surface area (Å²) in [4.78, 5) is 10.5. The average Bonchev–Trinajstić information content (AvgIpc) is 2.59. The Balaban J connectivity index is -0.000000185. The zero-order chi connectivity index (χ0) is 19.5. The van der Waals surface area contributed by atoms with Gasteiger partial charge in [-0.25, -0.2) is 0 Å². The summed E-state index contributed by atoms with van der Waals surface area (Å²) < 4.78 is 0. The molecule has 0 spiro atoms. The van der Waals surface area contributed by atoms with Gasteiger partial charge in [-0.15, -0.1) is 0 Å². The van der Waals surface area contributed by atoms with Crippen molar-refractivity contribution in [1.82, 2.24) is 0 Å². The number of carbonyl (C=O) groups is 1. The Labute approximate surface area is 159 Å². The van der Waals surface area contributed by atoms with Crippen molar-refractivity contribution in [2.75, 3.05) is 12.0 Å². The summed E-state index contributed by atoms with van der Waals surface area (Å²) in [6.07, 6.45) is 16.8. The zero-order valence-corrected chi connectivity index (χ0v) is 18.9. The molecule has 0 aliphatic carbocycles. The monoisotopic (exact) mass is 363 g/mol. The topological polar surface area (TPSA) is 43.1 Å². The summed E-state index contributed by atoms with van der Waals surface area (Å²) in [7, 11) is 0. The van der Waals surface area contributed by atoms with Gasteiger partial charge in [-0.2, -0.15) is 11.8 Å². The number of unbranched alkanes of at least 4 members (excludes halogenated alkanes) is 8. The number of nitrogens with two attached hydrogens (primary N) is 1. The third-order valence-electron chi connectivity index (χ3n) is 3.02. The van der Waals surface area contributed by atoms with E-state index in [9.17, 15) is 4.79 Å². The highest BCUT2D eigenvalue weighted by molar-refractivity contribution is 7.98. The Morgan fingerprint density at radius 1 is 0.750 bits per heavy atom. The van der Waals surface area contributed by atoms with E-state index in [2.05, 4.69) is 34.0 Å². The molecule has 0 aromatic carbocycles. The lowest BCUT2D eigenvalue weighted by molar-refractivity contribution is -0.118. The largest absolute Gasteiger partial charge is 0.370 e. The van der Waals surface area contributed by atoms with Crippen LogP contribution in [0.25, 0.3) is 0 Å². The molecule has 0 radical (unpaired) electrons. The maximum Gasteiger partial charge on any atom is 0.217 e. The van der Waals surface area contributed by atoms with E-state index in [1.54, 1.807) is 0 Å². The van der Waals surface area contributed by atoms with Gasteiger partial charge in [-0.1, -0.05) is 99.3 Å². The molecule has 0 saturated heterocycles. The van der Waals surface area contributed by atoms with Gasteiger partial charge >= 0.3 is 0 Å². The van der Waals surface area contributed by atoms with Gasteiger partial charge in [0.25, 0.3) is 0 Å². The Hall–Kier alpha value is -0.180. The van der Waals surface area contributed by atoms with E-state index in [1.807, 2.05) is 25.6 Å². The van der Waals surface area contributed by atoms with Crippen LogP contribution in [-0.2, 0) is 4.79 Å². The van der Waals surface area contributed by atoms with E-state index in [-0.39, 0.29) is 5.91 Å². The first-order valence-electron chi connectivity index (χ1n) is 10.4. The first kappa shape index (κ1) is 31.6. The lowest BCUT2D eigenvalue weighted by Gasteiger charge is -2.01. The Bertz CT molecular complexity index is 185. The molecule has 2 N–H and O–H groups in total. The maximum absolute atomic E-state index is 10.5. The van der Waals surface area contributed by atoms with Crippen LogP contribution in [0.15, 0.2) is 0 Å². The van der Waals surface area contributed by atoms with Crippen LogP contribution in [0.2, 0.25) is 0 Å². The summed E-state index contributed by atoms with van der Waals surface area (Å²) in [6, 6.07) is 0. The van der Waals surface area contributed by atoms with E-state index in [4.69, 9.17) is 5.73 Å². The second-order valence-electron chi connectivity index (χ2n) is 5.74. The Morgan fingerprint density at radius 2 is 1.08 bits per heavy atom. The lowest BCUT2D eigenvalue weighted by atomic mass is 10.1. The van der Waals surface area contributed by atoms with E-state index in [0.29, 0.717) is 6.42 Å². The molecule has 0 rings (SSSR count). The first-order chi connectivity index (χ1) is 11.6. The standard InChI is InChI=1S/C12H25NOS.C4H10.C3H8.C2H6/c1-15-11-9-7-5-3-2-4-6-8-10-12(13)14;1-3-4-2;1-3-2;1-2/h2-11H2,1H3,(H2,13,14);3-4H2,1-2H3;3H2,1-2H3;1-2H3. The molecule has 0 heterocycles. The quantitative estimate of drug-likeness (QED) is 0.363. The van der Waals surface area contributed by atoms with Crippen LogP contribution in [0.1, 0.15) is 119 Å². The molecule has 0 aromatic heterocycles. The van der Waals surface area contributed by atoms with Crippen LogP contribution in [0, 0.1) is 0 Å². The minimum Gasteiger partial charge on any atom is -0.370 e. The molecule has 0 aliphatic rings. The summed E-state index contributed by atoms with van der Waals surface area (Å²) in [6.45, 7) is 12.6. The van der Waals surface area contributed by atoms with Gasteiger partial charge in [0.2, 0.25) is 5.91 Å². The molecule has 2 nitrogen and oxygen atoms in total. The number of hydrogen-bond donors (Lipinski definition) is 1. The van der Waals surface area contributed by atoms with Crippen molar-refractivity contribution >= 4 is 17.7 Å². The third kappa shape index (κ3) is 57.5. The molecule has 24 heavy (non-hydrogen) atoms. The molecule has 0 fully saturated rings. The van der Waals surface area contributed by atoms with Crippen LogP contribution < -0.4 is 5.73 Å². The minimum atomic E-state index is -0.160. The Kier molecular flexibility index (Phi) is 50.5. The summed E-state index contributed by atoms with van der Waals surface area (Å²) >= 11 is 1.94. The summed E-state index contributed by atoms with van der Waals surface area (Å²) in [5.74, 6) is 1.14. The molecule has 0 unspecified atom stereocenters. The van der Waals surface area contributed by atoms with Gasteiger partial charge in [0.15, 0.2) is 0 Å². The molecule has 0 atom stereocenters. The molecule has 0 aromatic rings. The molecule has 0 aliphatic heterocycles. The number of hydrogen-bond acceptors (Lipinski definition) is 2. The highest BCUT2D eigenvalue weighted by atomic mass is 32.2.